The molecule has 0 fully saturated rings. The maximum atomic E-state index is 12.3. The molecule has 1 aromatic heterocycles. The third-order valence-electron chi connectivity index (χ3n) is 5.37. The van der Waals surface area contributed by atoms with E-state index in [2.05, 4.69) is 35.4 Å². The molecule has 4 rings (SSSR count). The number of H-pyrrole nitrogens is 1. The molecular formula is C23H24N2O2. The van der Waals surface area contributed by atoms with Crippen LogP contribution in [0.3, 0.4) is 0 Å². The Labute approximate surface area is 159 Å². The molecule has 4 nitrogen and oxygen atoms in total. The molecule has 0 spiro atoms. The fourth-order valence-electron chi connectivity index (χ4n) is 3.90. The second-order valence-electron chi connectivity index (χ2n) is 7.59. The van der Waals surface area contributed by atoms with Crippen LogP contribution in [-0.4, -0.2) is 22.7 Å². The standard InChI is InChI=1S/C23H24N2O2/c1-14-3-6-16(7-4-14)22(26)9-10-23(27)24-17-12-19-18-11-15(2)5-8-20(18)25-21(19)13-17/h3-8,11,17,25H,9-10,12-13H2,1-2H3,(H,24,27). The number of rotatable bonds is 5. The van der Waals surface area contributed by atoms with Crippen LogP contribution in [0.15, 0.2) is 42.5 Å². The lowest BCUT2D eigenvalue weighted by Crippen LogP contribution is -2.35. The zero-order chi connectivity index (χ0) is 19.0. The lowest BCUT2D eigenvalue weighted by atomic mass is 10.0. The van der Waals surface area contributed by atoms with Gasteiger partial charge in [-0.25, -0.2) is 0 Å². The number of ketones is 1. The van der Waals surface area contributed by atoms with Gasteiger partial charge in [-0.05, 0) is 38.0 Å². The molecule has 2 aromatic carbocycles. The van der Waals surface area contributed by atoms with Crippen LogP contribution >= 0.6 is 0 Å². The van der Waals surface area contributed by atoms with Crippen LogP contribution in [0.5, 0.6) is 0 Å². The lowest BCUT2D eigenvalue weighted by Gasteiger charge is -2.12. The summed E-state index contributed by atoms with van der Waals surface area (Å²) in [5, 5.41) is 4.36. The van der Waals surface area contributed by atoms with Crippen LogP contribution in [0.4, 0.5) is 0 Å². The lowest BCUT2D eigenvalue weighted by molar-refractivity contribution is -0.121. The Morgan fingerprint density at radius 2 is 1.74 bits per heavy atom. The Morgan fingerprint density at radius 3 is 2.52 bits per heavy atom. The monoisotopic (exact) mass is 360 g/mol. The van der Waals surface area contributed by atoms with E-state index in [0.29, 0.717) is 5.56 Å². The van der Waals surface area contributed by atoms with Gasteiger partial charge in [-0.3, -0.25) is 9.59 Å². The van der Waals surface area contributed by atoms with Gasteiger partial charge in [-0.2, -0.15) is 0 Å². The van der Waals surface area contributed by atoms with E-state index in [0.717, 1.165) is 18.4 Å². The molecule has 2 N–H and O–H groups in total. The predicted molar refractivity (Wildman–Crippen MR) is 107 cm³/mol. The summed E-state index contributed by atoms with van der Waals surface area (Å²) in [6.07, 6.45) is 2.14. The molecule has 27 heavy (non-hydrogen) atoms. The van der Waals surface area contributed by atoms with Crippen molar-refractivity contribution >= 4 is 22.6 Å². The molecule has 1 heterocycles. The Morgan fingerprint density at radius 1 is 1.00 bits per heavy atom. The molecule has 1 aliphatic carbocycles. The topological polar surface area (TPSA) is 62.0 Å². The number of amides is 1. The minimum absolute atomic E-state index is 0.0169. The minimum Gasteiger partial charge on any atom is -0.358 e. The van der Waals surface area contributed by atoms with Crippen molar-refractivity contribution in [3.63, 3.8) is 0 Å². The summed E-state index contributed by atoms with van der Waals surface area (Å²) in [5.74, 6) is -0.0330. The van der Waals surface area contributed by atoms with Gasteiger partial charge in [-0.15, -0.1) is 0 Å². The van der Waals surface area contributed by atoms with E-state index in [9.17, 15) is 9.59 Å². The molecule has 0 saturated carbocycles. The Bertz CT molecular complexity index is 1010. The predicted octanol–water partition coefficient (Wildman–Crippen LogP) is 4.03. The Balaban J connectivity index is 1.33. The van der Waals surface area contributed by atoms with Crippen LogP contribution in [-0.2, 0) is 17.6 Å². The zero-order valence-corrected chi connectivity index (χ0v) is 15.8. The van der Waals surface area contributed by atoms with Gasteiger partial charge in [0.2, 0.25) is 5.91 Å². The number of Topliss-reactive ketones (excluding diaryl/α,β-unsaturated/α-hetero) is 1. The van der Waals surface area contributed by atoms with Gasteiger partial charge in [-0.1, -0.05) is 41.5 Å². The van der Waals surface area contributed by atoms with Gasteiger partial charge in [0.15, 0.2) is 5.78 Å². The largest absolute Gasteiger partial charge is 0.358 e. The first-order valence-electron chi connectivity index (χ1n) is 9.49. The molecule has 1 unspecified atom stereocenters. The first-order valence-corrected chi connectivity index (χ1v) is 9.49. The van der Waals surface area contributed by atoms with Gasteiger partial charge in [0, 0.05) is 47.5 Å². The minimum atomic E-state index is -0.0499. The highest BCUT2D eigenvalue weighted by atomic mass is 16.2. The number of benzene rings is 2. The average molecular weight is 360 g/mol. The SMILES string of the molecule is Cc1ccc(C(=O)CCC(=O)NC2Cc3[nH]c4ccc(C)cc4c3C2)cc1. The number of hydrogen-bond acceptors (Lipinski definition) is 2. The number of nitrogens with one attached hydrogen (secondary N) is 2. The van der Waals surface area contributed by atoms with Crippen molar-refractivity contribution in [2.45, 2.75) is 45.6 Å². The zero-order valence-electron chi connectivity index (χ0n) is 15.8. The molecular weight excluding hydrogens is 336 g/mol. The molecule has 4 heteroatoms. The van der Waals surface area contributed by atoms with E-state index in [1.807, 2.05) is 31.2 Å². The number of carbonyl (C=O) groups is 2. The van der Waals surface area contributed by atoms with E-state index in [1.54, 1.807) is 0 Å². The third kappa shape index (κ3) is 3.65. The maximum Gasteiger partial charge on any atom is 0.220 e. The van der Waals surface area contributed by atoms with Crippen LogP contribution < -0.4 is 5.32 Å². The molecule has 3 aromatic rings. The quantitative estimate of drug-likeness (QED) is 0.675. The Hall–Kier alpha value is -2.88. The number of hydrogen-bond donors (Lipinski definition) is 2. The number of carbonyl (C=O) groups excluding carboxylic acids is 2. The van der Waals surface area contributed by atoms with Crippen molar-refractivity contribution in [3.8, 4) is 0 Å². The van der Waals surface area contributed by atoms with Crippen molar-refractivity contribution < 1.29 is 9.59 Å². The molecule has 0 saturated heterocycles. The summed E-state index contributed by atoms with van der Waals surface area (Å²) in [7, 11) is 0. The van der Waals surface area contributed by atoms with E-state index in [4.69, 9.17) is 0 Å². The van der Waals surface area contributed by atoms with Crippen molar-refractivity contribution in [2.75, 3.05) is 0 Å². The van der Waals surface area contributed by atoms with Gasteiger partial charge >= 0.3 is 0 Å². The van der Waals surface area contributed by atoms with Gasteiger partial charge in [0.05, 0.1) is 0 Å². The highest BCUT2D eigenvalue weighted by molar-refractivity contribution is 5.98. The van der Waals surface area contributed by atoms with E-state index < -0.39 is 0 Å². The highest BCUT2D eigenvalue weighted by Gasteiger charge is 2.26. The second kappa shape index (κ2) is 7.03. The van der Waals surface area contributed by atoms with Crippen molar-refractivity contribution in [2.24, 2.45) is 0 Å². The molecule has 0 radical (unpaired) electrons. The van der Waals surface area contributed by atoms with Crippen molar-refractivity contribution in [1.82, 2.24) is 10.3 Å². The molecule has 0 aliphatic heterocycles. The van der Waals surface area contributed by atoms with Crippen LogP contribution in [0.2, 0.25) is 0 Å². The van der Waals surface area contributed by atoms with E-state index >= 15 is 0 Å². The summed E-state index contributed by atoms with van der Waals surface area (Å²) in [6, 6.07) is 14.0. The van der Waals surface area contributed by atoms with E-state index in [-0.39, 0.29) is 30.6 Å². The first kappa shape index (κ1) is 17.5. The average Bonchev–Trinajstić information content (AvgIpc) is 3.17. The summed E-state index contributed by atoms with van der Waals surface area (Å²) >= 11 is 0. The number of aryl methyl sites for hydroxylation is 2. The van der Waals surface area contributed by atoms with E-state index in [1.165, 1.54) is 27.7 Å². The number of aromatic amines is 1. The van der Waals surface area contributed by atoms with Gasteiger partial charge in [0.25, 0.3) is 0 Å². The van der Waals surface area contributed by atoms with Gasteiger partial charge in [0.1, 0.15) is 0 Å². The molecule has 1 aliphatic rings. The van der Waals surface area contributed by atoms with Crippen molar-refractivity contribution in [1.29, 1.82) is 0 Å². The summed E-state index contributed by atoms with van der Waals surface area (Å²) in [6.45, 7) is 4.08. The smallest absolute Gasteiger partial charge is 0.220 e. The maximum absolute atomic E-state index is 12.3. The molecule has 1 amide bonds. The first-order chi connectivity index (χ1) is 13.0. The second-order valence-corrected chi connectivity index (χ2v) is 7.59. The fourth-order valence-corrected chi connectivity index (χ4v) is 3.90. The Kier molecular flexibility index (Phi) is 4.56. The molecule has 0 bridgehead atoms. The highest BCUT2D eigenvalue weighted by Crippen LogP contribution is 2.30. The van der Waals surface area contributed by atoms with Crippen molar-refractivity contribution in [3.05, 3.63) is 70.4 Å². The van der Waals surface area contributed by atoms with Crippen LogP contribution in [0, 0.1) is 13.8 Å². The van der Waals surface area contributed by atoms with Crippen LogP contribution in [0.1, 0.15) is 45.6 Å². The van der Waals surface area contributed by atoms with Crippen LogP contribution in [0.25, 0.3) is 10.9 Å². The summed E-state index contributed by atoms with van der Waals surface area (Å²) in [5.41, 5.74) is 6.74. The normalized spacial score (nSPS) is 15.7. The molecule has 138 valence electrons. The fraction of sp³-hybridized carbons (Fsp3) is 0.304. The summed E-state index contributed by atoms with van der Waals surface area (Å²) < 4.78 is 0. The van der Waals surface area contributed by atoms with Gasteiger partial charge < -0.3 is 10.3 Å². The number of aromatic nitrogens is 1. The number of fused-ring (bicyclic) bond motifs is 3. The molecule has 1 atom stereocenters. The summed E-state index contributed by atoms with van der Waals surface area (Å²) in [4.78, 5) is 28.0. The third-order valence-corrected chi connectivity index (χ3v) is 5.37.